The molecule has 3 aromatic rings. The summed E-state index contributed by atoms with van der Waals surface area (Å²) in [4.78, 5) is 12.2. The number of hydrogen-bond donors (Lipinski definition) is 0. The third-order valence-corrected chi connectivity index (χ3v) is 3.82. The van der Waals surface area contributed by atoms with Crippen LogP contribution in [0, 0.1) is 0 Å². The Kier molecular flexibility index (Phi) is 3.00. The minimum Gasteiger partial charge on any atom is -0.451 e. The Morgan fingerprint density at radius 3 is 2.41 bits per heavy atom. The van der Waals surface area contributed by atoms with Crippen molar-refractivity contribution >= 4 is 5.97 Å². The van der Waals surface area contributed by atoms with Crippen LogP contribution >= 0.6 is 0 Å². The number of carbonyl (C=O) groups is 1. The molecule has 0 bridgehead atoms. The van der Waals surface area contributed by atoms with Gasteiger partial charge in [-0.25, -0.2) is 4.79 Å². The Bertz CT molecular complexity index is 810. The molecule has 2 aromatic carbocycles. The van der Waals surface area contributed by atoms with Crippen molar-refractivity contribution in [3.8, 4) is 11.3 Å². The van der Waals surface area contributed by atoms with E-state index in [2.05, 4.69) is 5.10 Å². The van der Waals surface area contributed by atoms with Gasteiger partial charge in [0.05, 0.1) is 12.2 Å². The van der Waals surface area contributed by atoms with Crippen molar-refractivity contribution in [2.45, 2.75) is 12.6 Å². The summed E-state index contributed by atoms with van der Waals surface area (Å²) in [6.07, 6.45) is -0.287. The number of hydrogen-bond acceptors (Lipinski definition) is 3. The van der Waals surface area contributed by atoms with E-state index in [0.717, 1.165) is 16.8 Å². The topological polar surface area (TPSA) is 44.1 Å². The number of fused-ring (bicyclic) bond motifs is 1. The van der Waals surface area contributed by atoms with Crippen molar-refractivity contribution in [3.63, 3.8) is 0 Å². The second-order valence-electron chi connectivity index (χ2n) is 5.27. The van der Waals surface area contributed by atoms with Crippen LogP contribution in [0.5, 0.6) is 0 Å². The van der Waals surface area contributed by atoms with Crippen LogP contribution in [0.4, 0.5) is 0 Å². The Hall–Kier alpha value is -2.88. The minimum atomic E-state index is -0.324. The lowest BCUT2D eigenvalue weighted by Gasteiger charge is -2.23. The molecule has 1 atom stereocenters. The van der Waals surface area contributed by atoms with E-state index < -0.39 is 0 Å². The highest BCUT2D eigenvalue weighted by Crippen LogP contribution is 2.28. The van der Waals surface area contributed by atoms with E-state index in [0.29, 0.717) is 12.2 Å². The van der Waals surface area contributed by atoms with Gasteiger partial charge in [-0.1, -0.05) is 60.7 Å². The first-order chi connectivity index (χ1) is 10.8. The number of benzene rings is 2. The Labute approximate surface area is 128 Å². The van der Waals surface area contributed by atoms with Gasteiger partial charge in [-0.15, -0.1) is 0 Å². The van der Waals surface area contributed by atoms with E-state index in [1.165, 1.54) is 0 Å². The molecular formula is C18H14N2O2. The van der Waals surface area contributed by atoms with Gasteiger partial charge in [-0.05, 0) is 11.6 Å². The zero-order valence-electron chi connectivity index (χ0n) is 11.8. The van der Waals surface area contributed by atoms with Gasteiger partial charge in [-0.3, -0.25) is 4.68 Å². The van der Waals surface area contributed by atoms with Crippen LogP contribution in [-0.2, 0) is 11.3 Å². The van der Waals surface area contributed by atoms with E-state index in [1.807, 2.05) is 60.7 Å². The molecule has 0 N–H and O–H groups in total. The van der Waals surface area contributed by atoms with Gasteiger partial charge in [0.1, 0.15) is 11.8 Å². The average molecular weight is 290 g/mol. The number of carbonyl (C=O) groups excluding carboxylic acids is 1. The standard InChI is InChI=1S/C18H14N2O2/c21-18-16-11-15(13-7-3-1-4-8-13)19-20(16)12-17(22-18)14-9-5-2-6-10-14/h1-11,17H,12H2. The second kappa shape index (κ2) is 5.15. The fourth-order valence-corrected chi connectivity index (χ4v) is 2.70. The van der Waals surface area contributed by atoms with E-state index in [-0.39, 0.29) is 12.1 Å². The highest BCUT2D eigenvalue weighted by Gasteiger charge is 2.29. The largest absolute Gasteiger partial charge is 0.451 e. The average Bonchev–Trinajstić information content (AvgIpc) is 3.01. The van der Waals surface area contributed by atoms with Crippen LogP contribution in [0.3, 0.4) is 0 Å². The maximum atomic E-state index is 12.2. The highest BCUT2D eigenvalue weighted by atomic mass is 16.5. The first-order valence-corrected chi connectivity index (χ1v) is 7.20. The number of cyclic esters (lactones) is 1. The predicted molar refractivity (Wildman–Crippen MR) is 82.3 cm³/mol. The molecule has 0 saturated heterocycles. The quantitative estimate of drug-likeness (QED) is 0.679. The summed E-state index contributed by atoms with van der Waals surface area (Å²) in [7, 11) is 0. The van der Waals surface area contributed by atoms with Crippen molar-refractivity contribution in [3.05, 3.63) is 78.0 Å². The molecule has 4 nitrogen and oxygen atoms in total. The van der Waals surface area contributed by atoms with Gasteiger partial charge < -0.3 is 4.74 Å². The summed E-state index contributed by atoms with van der Waals surface area (Å²) in [6, 6.07) is 21.4. The smallest absolute Gasteiger partial charge is 0.357 e. The summed E-state index contributed by atoms with van der Waals surface area (Å²) < 4.78 is 7.29. The molecule has 4 heteroatoms. The molecule has 0 fully saturated rings. The first-order valence-electron chi connectivity index (χ1n) is 7.20. The molecule has 1 aromatic heterocycles. The molecule has 4 rings (SSSR count). The first kappa shape index (κ1) is 12.8. The van der Waals surface area contributed by atoms with Gasteiger partial charge >= 0.3 is 5.97 Å². The molecule has 0 radical (unpaired) electrons. The Morgan fingerprint density at radius 1 is 1.00 bits per heavy atom. The minimum absolute atomic E-state index is 0.287. The Balaban J connectivity index is 1.70. The zero-order chi connectivity index (χ0) is 14.9. The molecule has 1 aliphatic heterocycles. The summed E-state index contributed by atoms with van der Waals surface area (Å²) in [5, 5.41) is 4.56. The highest BCUT2D eigenvalue weighted by molar-refractivity contribution is 5.89. The van der Waals surface area contributed by atoms with Crippen LogP contribution < -0.4 is 0 Å². The van der Waals surface area contributed by atoms with Gasteiger partial charge in [0, 0.05) is 5.56 Å². The molecule has 0 saturated carbocycles. The fraction of sp³-hybridized carbons (Fsp3) is 0.111. The lowest BCUT2D eigenvalue weighted by Crippen LogP contribution is -2.26. The maximum Gasteiger partial charge on any atom is 0.357 e. The maximum absolute atomic E-state index is 12.2. The van der Waals surface area contributed by atoms with Gasteiger partial charge in [0.25, 0.3) is 0 Å². The number of aromatic nitrogens is 2. The van der Waals surface area contributed by atoms with Crippen LogP contribution in [0.2, 0.25) is 0 Å². The van der Waals surface area contributed by atoms with Crippen LogP contribution in [-0.4, -0.2) is 15.7 Å². The fourth-order valence-electron chi connectivity index (χ4n) is 2.70. The van der Waals surface area contributed by atoms with Crippen LogP contribution in [0.1, 0.15) is 22.2 Å². The zero-order valence-corrected chi connectivity index (χ0v) is 11.8. The van der Waals surface area contributed by atoms with Crippen LogP contribution in [0.15, 0.2) is 66.7 Å². The molecule has 0 aliphatic carbocycles. The van der Waals surface area contributed by atoms with Crippen molar-refractivity contribution in [2.24, 2.45) is 0 Å². The molecule has 108 valence electrons. The molecule has 22 heavy (non-hydrogen) atoms. The van der Waals surface area contributed by atoms with Crippen molar-refractivity contribution in [1.82, 2.24) is 9.78 Å². The van der Waals surface area contributed by atoms with E-state index in [9.17, 15) is 4.79 Å². The molecular weight excluding hydrogens is 276 g/mol. The summed E-state index contributed by atoms with van der Waals surface area (Å²) in [6.45, 7) is 0.540. The molecule has 0 amide bonds. The number of nitrogens with zero attached hydrogens (tertiary/aromatic N) is 2. The lowest BCUT2D eigenvalue weighted by molar-refractivity contribution is 0.0138. The number of esters is 1. The summed E-state index contributed by atoms with van der Waals surface area (Å²) in [5.41, 5.74) is 3.28. The summed E-state index contributed by atoms with van der Waals surface area (Å²) in [5.74, 6) is -0.324. The number of rotatable bonds is 2. The van der Waals surface area contributed by atoms with Gasteiger partial charge in [0.15, 0.2) is 0 Å². The van der Waals surface area contributed by atoms with E-state index in [1.54, 1.807) is 10.7 Å². The number of ether oxygens (including phenoxy) is 1. The third kappa shape index (κ3) is 2.19. The second-order valence-corrected chi connectivity index (χ2v) is 5.27. The van der Waals surface area contributed by atoms with Crippen molar-refractivity contribution in [2.75, 3.05) is 0 Å². The van der Waals surface area contributed by atoms with Crippen molar-refractivity contribution in [1.29, 1.82) is 0 Å². The SMILES string of the molecule is O=C1OC(c2ccccc2)Cn2nc(-c3ccccc3)cc21. The van der Waals surface area contributed by atoms with Crippen LogP contribution in [0.25, 0.3) is 11.3 Å². The predicted octanol–water partition coefficient (Wildman–Crippen LogP) is 3.46. The Morgan fingerprint density at radius 2 is 1.68 bits per heavy atom. The normalized spacial score (nSPS) is 16.9. The molecule has 2 heterocycles. The summed E-state index contributed by atoms with van der Waals surface area (Å²) >= 11 is 0. The monoisotopic (exact) mass is 290 g/mol. The van der Waals surface area contributed by atoms with E-state index >= 15 is 0 Å². The third-order valence-electron chi connectivity index (χ3n) is 3.82. The van der Waals surface area contributed by atoms with Crippen molar-refractivity contribution < 1.29 is 9.53 Å². The molecule has 1 aliphatic rings. The van der Waals surface area contributed by atoms with E-state index in [4.69, 9.17) is 4.74 Å². The molecule has 1 unspecified atom stereocenters. The molecule has 0 spiro atoms. The van der Waals surface area contributed by atoms with Gasteiger partial charge in [-0.2, -0.15) is 5.10 Å². The lowest BCUT2D eigenvalue weighted by atomic mass is 10.1. The van der Waals surface area contributed by atoms with Gasteiger partial charge in [0.2, 0.25) is 0 Å².